The van der Waals surface area contributed by atoms with Crippen molar-refractivity contribution in [1.29, 1.82) is 0 Å². The Morgan fingerprint density at radius 2 is 2.25 bits per heavy atom. The van der Waals surface area contributed by atoms with Gasteiger partial charge in [0.25, 0.3) is 0 Å². The van der Waals surface area contributed by atoms with E-state index in [0.29, 0.717) is 11.2 Å². The van der Waals surface area contributed by atoms with Gasteiger partial charge in [-0.2, -0.15) is 0 Å². The van der Waals surface area contributed by atoms with Crippen molar-refractivity contribution in [1.82, 2.24) is 4.98 Å². The van der Waals surface area contributed by atoms with Crippen LogP contribution in [0.1, 0.15) is 25.7 Å². The predicted octanol–water partition coefficient (Wildman–Crippen LogP) is 4.10. The monoisotopic (exact) mass is 300 g/mol. The third kappa shape index (κ3) is 1.95. The summed E-state index contributed by atoms with van der Waals surface area (Å²) >= 11 is 9.28. The second-order valence-electron chi connectivity index (χ2n) is 4.92. The first-order valence-electron chi connectivity index (χ1n) is 5.80. The lowest BCUT2D eigenvalue weighted by molar-refractivity contribution is 0.439. The van der Waals surface area contributed by atoms with Gasteiger partial charge in [0.05, 0.1) is 16.4 Å². The minimum Gasteiger partial charge on any atom is -0.381 e. The molecule has 0 radical (unpaired) electrons. The highest BCUT2D eigenvalue weighted by Gasteiger charge is 2.39. The maximum Gasteiger partial charge on any atom is 0.143 e. The van der Waals surface area contributed by atoms with Crippen LogP contribution in [0.5, 0.6) is 0 Å². The highest BCUT2D eigenvalue weighted by molar-refractivity contribution is 9.10. The summed E-state index contributed by atoms with van der Waals surface area (Å²) in [5.41, 5.74) is 1.08. The number of hydrogen-bond acceptors (Lipinski definition) is 2. The van der Waals surface area contributed by atoms with Gasteiger partial charge in [-0.1, -0.05) is 18.0 Å². The van der Waals surface area contributed by atoms with Crippen LogP contribution in [0, 0.1) is 11.8 Å². The van der Waals surface area contributed by atoms with E-state index in [9.17, 15) is 0 Å². The summed E-state index contributed by atoms with van der Waals surface area (Å²) in [4.78, 5) is 4.14. The normalized spacial score (nSPS) is 32.0. The quantitative estimate of drug-likeness (QED) is 0.832. The van der Waals surface area contributed by atoms with Gasteiger partial charge in [0.15, 0.2) is 0 Å². The molecule has 86 valence electrons. The number of nitrogens with one attached hydrogen (secondary N) is 1. The van der Waals surface area contributed by atoms with Gasteiger partial charge in [-0.15, -0.1) is 0 Å². The van der Waals surface area contributed by atoms with Crippen molar-refractivity contribution in [3.63, 3.8) is 0 Å². The second kappa shape index (κ2) is 4.19. The minimum atomic E-state index is 0.526. The fourth-order valence-corrected chi connectivity index (χ4v) is 3.59. The average Bonchev–Trinajstić information content (AvgIpc) is 2.85. The van der Waals surface area contributed by atoms with Crippen molar-refractivity contribution in [3.05, 3.63) is 21.9 Å². The lowest BCUT2D eigenvalue weighted by atomic mass is 9.95. The van der Waals surface area contributed by atoms with Gasteiger partial charge in [-0.3, -0.25) is 0 Å². The molecule has 2 aliphatic carbocycles. The van der Waals surface area contributed by atoms with Crippen molar-refractivity contribution in [2.45, 2.75) is 31.7 Å². The summed E-state index contributed by atoms with van der Waals surface area (Å²) in [5.74, 6) is 1.84. The van der Waals surface area contributed by atoms with Crippen LogP contribution in [-0.2, 0) is 0 Å². The molecule has 0 saturated heterocycles. The number of nitrogens with zero attached hydrogens (tertiary/aromatic N) is 1. The molecule has 0 aliphatic heterocycles. The Balaban J connectivity index is 1.72. The van der Waals surface area contributed by atoms with Crippen LogP contribution < -0.4 is 5.32 Å². The zero-order valence-electron chi connectivity index (χ0n) is 8.92. The Morgan fingerprint density at radius 3 is 2.88 bits per heavy atom. The summed E-state index contributed by atoms with van der Waals surface area (Å²) in [6.07, 6.45) is 7.39. The van der Waals surface area contributed by atoms with Crippen LogP contribution in [-0.4, -0.2) is 11.0 Å². The van der Waals surface area contributed by atoms with Crippen LogP contribution in [0.4, 0.5) is 5.69 Å². The van der Waals surface area contributed by atoms with Crippen molar-refractivity contribution in [2.24, 2.45) is 11.8 Å². The SMILES string of the molecule is Clc1ncc(NC2CC3CCC2C3)cc1Br. The van der Waals surface area contributed by atoms with Crippen molar-refractivity contribution in [2.75, 3.05) is 5.32 Å². The zero-order chi connectivity index (χ0) is 11.1. The molecule has 2 aliphatic rings. The Morgan fingerprint density at radius 1 is 1.38 bits per heavy atom. The smallest absolute Gasteiger partial charge is 0.143 e. The summed E-state index contributed by atoms with van der Waals surface area (Å²) in [7, 11) is 0. The van der Waals surface area contributed by atoms with Crippen LogP contribution >= 0.6 is 27.5 Å². The molecule has 16 heavy (non-hydrogen) atoms. The molecule has 2 fully saturated rings. The molecule has 0 aromatic carbocycles. The number of anilines is 1. The van der Waals surface area contributed by atoms with E-state index < -0.39 is 0 Å². The van der Waals surface area contributed by atoms with Crippen LogP contribution in [0.3, 0.4) is 0 Å². The summed E-state index contributed by atoms with van der Waals surface area (Å²) < 4.78 is 0.863. The number of halogens is 2. The number of aromatic nitrogens is 1. The largest absolute Gasteiger partial charge is 0.381 e. The van der Waals surface area contributed by atoms with E-state index in [1.54, 1.807) is 0 Å². The number of rotatable bonds is 2. The van der Waals surface area contributed by atoms with Crippen molar-refractivity contribution >= 4 is 33.2 Å². The lowest BCUT2D eigenvalue weighted by Crippen LogP contribution is -2.25. The van der Waals surface area contributed by atoms with Gasteiger partial charge in [-0.05, 0) is 53.1 Å². The van der Waals surface area contributed by atoms with Crippen LogP contribution in [0.2, 0.25) is 5.15 Å². The molecule has 1 aromatic rings. The fourth-order valence-electron chi connectivity index (χ4n) is 3.14. The summed E-state index contributed by atoms with van der Waals surface area (Å²) in [6.45, 7) is 0. The number of hydrogen-bond donors (Lipinski definition) is 1. The molecular formula is C12H14BrClN2. The second-order valence-corrected chi connectivity index (χ2v) is 6.13. The molecule has 0 amide bonds. The Hall–Kier alpha value is -0.280. The maximum absolute atomic E-state index is 5.87. The molecule has 2 bridgehead atoms. The standard InChI is InChI=1S/C12H14BrClN2/c13-10-5-9(6-15-12(10)14)16-11-4-7-1-2-8(11)3-7/h5-8,11,16H,1-4H2. The molecule has 3 unspecified atom stereocenters. The Labute approximate surface area is 109 Å². The van der Waals surface area contributed by atoms with E-state index in [4.69, 9.17) is 11.6 Å². The number of fused-ring (bicyclic) bond motifs is 2. The van der Waals surface area contributed by atoms with Gasteiger partial charge in [0.1, 0.15) is 5.15 Å². The number of pyridine rings is 1. The van der Waals surface area contributed by atoms with Gasteiger partial charge >= 0.3 is 0 Å². The molecule has 0 spiro atoms. The third-order valence-electron chi connectivity index (χ3n) is 3.89. The van der Waals surface area contributed by atoms with Gasteiger partial charge in [0, 0.05) is 6.04 Å². The highest BCUT2D eigenvalue weighted by Crippen LogP contribution is 2.45. The van der Waals surface area contributed by atoms with Gasteiger partial charge < -0.3 is 5.32 Å². The lowest BCUT2D eigenvalue weighted by Gasteiger charge is -2.23. The predicted molar refractivity (Wildman–Crippen MR) is 69.8 cm³/mol. The molecule has 4 heteroatoms. The van der Waals surface area contributed by atoms with Crippen LogP contribution in [0.15, 0.2) is 16.7 Å². The van der Waals surface area contributed by atoms with E-state index in [1.807, 2.05) is 12.3 Å². The molecule has 1 heterocycles. The molecule has 2 saturated carbocycles. The molecule has 1 N–H and O–H groups in total. The van der Waals surface area contributed by atoms with Crippen molar-refractivity contribution < 1.29 is 0 Å². The molecule has 1 aromatic heterocycles. The Bertz CT molecular complexity index is 410. The van der Waals surface area contributed by atoms with E-state index >= 15 is 0 Å². The van der Waals surface area contributed by atoms with E-state index in [-0.39, 0.29) is 0 Å². The van der Waals surface area contributed by atoms with Crippen LogP contribution in [0.25, 0.3) is 0 Å². The first-order chi connectivity index (χ1) is 7.72. The molecule has 3 atom stereocenters. The maximum atomic E-state index is 5.87. The first kappa shape index (κ1) is 10.8. The highest BCUT2D eigenvalue weighted by atomic mass is 79.9. The molecule has 3 rings (SSSR count). The van der Waals surface area contributed by atoms with Gasteiger partial charge in [-0.25, -0.2) is 4.98 Å². The van der Waals surface area contributed by atoms with E-state index in [0.717, 1.165) is 22.0 Å². The minimum absolute atomic E-state index is 0.526. The van der Waals surface area contributed by atoms with Crippen molar-refractivity contribution in [3.8, 4) is 0 Å². The fraction of sp³-hybridized carbons (Fsp3) is 0.583. The summed E-state index contributed by atoms with van der Waals surface area (Å²) in [5, 5.41) is 4.12. The zero-order valence-corrected chi connectivity index (χ0v) is 11.3. The Kier molecular flexibility index (Phi) is 2.84. The third-order valence-corrected chi connectivity index (χ3v) is 5.02. The molecular weight excluding hydrogens is 288 g/mol. The topological polar surface area (TPSA) is 24.9 Å². The van der Waals surface area contributed by atoms with Gasteiger partial charge in [0.2, 0.25) is 0 Å². The van der Waals surface area contributed by atoms with E-state index in [1.165, 1.54) is 25.7 Å². The average molecular weight is 302 g/mol. The molecule has 2 nitrogen and oxygen atoms in total. The summed E-state index contributed by atoms with van der Waals surface area (Å²) in [6, 6.07) is 2.66. The first-order valence-corrected chi connectivity index (χ1v) is 6.97. The van der Waals surface area contributed by atoms with E-state index in [2.05, 4.69) is 26.2 Å².